The highest BCUT2D eigenvalue weighted by atomic mass is 16.1. The molecule has 0 unspecified atom stereocenters. The van der Waals surface area contributed by atoms with Crippen LogP contribution in [0.3, 0.4) is 0 Å². The predicted molar refractivity (Wildman–Crippen MR) is 59.4 cm³/mol. The maximum Gasteiger partial charge on any atom is 0.165 e. The molecule has 0 aliphatic heterocycles. The van der Waals surface area contributed by atoms with Crippen molar-refractivity contribution < 1.29 is 4.79 Å². The SMILES string of the molecule is C=CCCC(=O)c1cc(C)ccc1N. The Balaban J connectivity index is 2.88. The van der Waals surface area contributed by atoms with Crippen LogP contribution in [0.5, 0.6) is 0 Å². The van der Waals surface area contributed by atoms with E-state index in [0.717, 1.165) is 5.56 Å². The van der Waals surface area contributed by atoms with E-state index in [2.05, 4.69) is 6.58 Å². The second-order valence-corrected chi connectivity index (χ2v) is 3.34. The Labute approximate surface area is 84.4 Å². The van der Waals surface area contributed by atoms with Crippen molar-refractivity contribution in [3.63, 3.8) is 0 Å². The fraction of sp³-hybridized carbons (Fsp3) is 0.250. The smallest absolute Gasteiger partial charge is 0.165 e. The third kappa shape index (κ3) is 2.46. The fourth-order valence-corrected chi connectivity index (χ4v) is 1.28. The molecule has 14 heavy (non-hydrogen) atoms. The van der Waals surface area contributed by atoms with Crippen LogP contribution in [0.2, 0.25) is 0 Å². The van der Waals surface area contributed by atoms with Gasteiger partial charge in [-0.25, -0.2) is 0 Å². The molecule has 0 saturated heterocycles. The van der Waals surface area contributed by atoms with E-state index in [9.17, 15) is 4.79 Å². The number of Topliss-reactive ketones (excluding diaryl/α,β-unsaturated/α-hetero) is 1. The Bertz CT molecular complexity index is 355. The van der Waals surface area contributed by atoms with Crippen LogP contribution >= 0.6 is 0 Å². The number of aryl methyl sites for hydroxylation is 1. The number of carbonyl (C=O) groups is 1. The van der Waals surface area contributed by atoms with Gasteiger partial charge in [-0.1, -0.05) is 17.7 Å². The summed E-state index contributed by atoms with van der Waals surface area (Å²) in [5.41, 5.74) is 7.96. The first-order chi connectivity index (χ1) is 6.65. The van der Waals surface area contributed by atoms with Crippen molar-refractivity contribution in [3.8, 4) is 0 Å². The zero-order valence-corrected chi connectivity index (χ0v) is 8.42. The molecule has 0 aromatic heterocycles. The van der Waals surface area contributed by atoms with E-state index in [1.54, 1.807) is 12.1 Å². The Hall–Kier alpha value is -1.57. The number of anilines is 1. The molecule has 0 fully saturated rings. The summed E-state index contributed by atoms with van der Waals surface area (Å²) >= 11 is 0. The molecule has 2 heteroatoms. The summed E-state index contributed by atoms with van der Waals surface area (Å²) in [6.45, 7) is 5.53. The number of carbonyl (C=O) groups excluding carboxylic acids is 1. The minimum Gasteiger partial charge on any atom is -0.398 e. The second kappa shape index (κ2) is 4.61. The summed E-state index contributed by atoms with van der Waals surface area (Å²) in [4.78, 5) is 11.6. The summed E-state index contributed by atoms with van der Waals surface area (Å²) < 4.78 is 0. The standard InChI is InChI=1S/C12H15NO/c1-3-4-5-12(14)10-8-9(2)6-7-11(10)13/h3,6-8H,1,4-5,13H2,2H3. The summed E-state index contributed by atoms with van der Waals surface area (Å²) in [7, 11) is 0. The van der Waals surface area contributed by atoms with Crippen LogP contribution in [-0.4, -0.2) is 5.78 Å². The Kier molecular flexibility index (Phi) is 3.46. The van der Waals surface area contributed by atoms with Crippen molar-refractivity contribution in [2.45, 2.75) is 19.8 Å². The quantitative estimate of drug-likeness (QED) is 0.449. The van der Waals surface area contributed by atoms with Gasteiger partial charge in [-0.3, -0.25) is 4.79 Å². The molecule has 2 N–H and O–H groups in total. The molecular formula is C12H15NO. The largest absolute Gasteiger partial charge is 0.398 e. The number of hydrogen-bond acceptors (Lipinski definition) is 2. The van der Waals surface area contributed by atoms with Gasteiger partial charge in [0.05, 0.1) is 0 Å². The summed E-state index contributed by atoms with van der Waals surface area (Å²) in [5, 5.41) is 0. The first kappa shape index (κ1) is 10.5. The monoisotopic (exact) mass is 189 g/mol. The van der Waals surface area contributed by atoms with Crippen LogP contribution in [0, 0.1) is 6.92 Å². The van der Waals surface area contributed by atoms with Gasteiger partial charge < -0.3 is 5.73 Å². The van der Waals surface area contributed by atoms with Gasteiger partial charge in [-0.15, -0.1) is 6.58 Å². The van der Waals surface area contributed by atoms with Crippen molar-refractivity contribution >= 4 is 11.5 Å². The number of allylic oxidation sites excluding steroid dienone is 1. The molecule has 0 heterocycles. The zero-order valence-electron chi connectivity index (χ0n) is 8.42. The summed E-state index contributed by atoms with van der Waals surface area (Å²) in [6, 6.07) is 5.51. The molecule has 0 spiro atoms. The first-order valence-electron chi connectivity index (χ1n) is 4.65. The van der Waals surface area contributed by atoms with Crippen LogP contribution < -0.4 is 5.73 Å². The van der Waals surface area contributed by atoms with Crippen molar-refractivity contribution in [2.75, 3.05) is 5.73 Å². The lowest BCUT2D eigenvalue weighted by Crippen LogP contribution is -2.03. The number of benzene rings is 1. The highest BCUT2D eigenvalue weighted by Crippen LogP contribution is 2.16. The lowest BCUT2D eigenvalue weighted by molar-refractivity contribution is 0.0984. The van der Waals surface area contributed by atoms with Gasteiger partial charge in [0.1, 0.15) is 0 Å². The third-order valence-electron chi connectivity index (χ3n) is 2.08. The highest BCUT2D eigenvalue weighted by molar-refractivity contribution is 6.00. The van der Waals surface area contributed by atoms with Gasteiger partial charge >= 0.3 is 0 Å². The number of nitrogen functional groups attached to an aromatic ring is 1. The van der Waals surface area contributed by atoms with Gasteiger partial charge in [0, 0.05) is 17.7 Å². The van der Waals surface area contributed by atoms with E-state index >= 15 is 0 Å². The molecular weight excluding hydrogens is 174 g/mol. The summed E-state index contributed by atoms with van der Waals surface area (Å²) in [5.74, 6) is 0.0890. The van der Waals surface area contributed by atoms with Crippen molar-refractivity contribution in [3.05, 3.63) is 42.0 Å². The number of hydrogen-bond donors (Lipinski definition) is 1. The maximum absolute atomic E-state index is 11.6. The average molecular weight is 189 g/mol. The molecule has 0 radical (unpaired) electrons. The van der Waals surface area contributed by atoms with Crippen LogP contribution in [-0.2, 0) is 0 Å². The third-order valence-corrected chi connectivity index (χ3v) is 2.08. The van der Waals surface area contributed by atoms with Gasteiger partial charge in [0.2, 0.25) is 0 Å². The van der Waals surface area contributed by atoms with E-state index in [1.165, 1.54) is 0 Å². The molecule has 0 aliphatic carbocycles. The Morgan fingerprint density at radius 2 is 2.29 bits per heavy atom. The van der Waals surface area contributed by atoms with Crippen molar-refractivity contribution in [1.29, 1.82) is 0 Å². The van der Waals surface area contributed by atoms with Gasteiger partial charge in [-0.2, -0.15) is 0 Å². The average Bonchev–Trinajstić information content (AvgIpc) is 2.18. The van der Waals surface area contributed by atoms with Crippen LogP contribution in [0.15, 0.2) is 30.9 Å². The molecule has 74 valence electrons. The number of nitrogens with two attached hydrogens (primary N) is 1. The van der Waals surface area contributed by atoms with E-state index in [1.807, 2.05) is 19.1 Å². The first-order valence-corrected chi connectivity index (χ1v) is 4.65. The Morgan fingerprint density at radius 1 is 1.57 bits per heavy atom. The van der Waals surface area contributed by atoms with E-state index in [4.69, 9.17) is 5.73 Å². The minimum absolute atomic E-state index is 0.0890. The molecule has 0 atom stereocenters. The van der Waals surface area contributed by atoms with E-state index in [-0.39, 0.29) is 5.78 Å². The van der Waals surface area contributed by atoms with Crippen LogP contribution in [0.25, 0.3) is 0 Å². The lowest BCUT2D eigenvalue weighted by atomic mass is 10.0. The van der Waals surface area contributed by atoms with E-state index < -0.39 is 0 Å². The molecule has 0 saturated carbocycles. The number of rotatable bonds is 4. The molecule has 1 aromatic rings. The predicted octanol–water partition coefficient (Wildman–Crippen LogP) is 2.73. The fourth-order valence-electron chi connectivity index (χ4n) is 1.28. The molecule has 1 rings (SSSR count). The maximum atomic E-state index is 11.6. The molecule has 0 aliphatic rings. The van der Waals surface area contributed by atoms with Crippen LogP contribution in [0.1, 0.15) is 28.8 Å². The highest BCUT2D eigenvalue weighted by Gasteiger charge is 2.08. The molecule has 1 aromatic carbocycles. The van der Waals surface area contributed by atoms with Crippen LogP contribution in [0.4, 0.5) is 5.69 Å². The van der Waals surface area contributed by atoms with Gasteiger partial charge in [-0.05, 0) is 25.5 Å². The van der Waals surface area contributed by atoms with Crippen molar-refractivity contribution in [1.82, 2.24) is 0 Å². The zero-order chi connectivity index (χ0) is 10.6. The molecule has 0 bridgehead atoms. The normalized spacial score (nSPS) is 9.79. The summed E-state index contributed by atoms with van der Waals surface area (Å²) in [6.07, 6.45) is 2.92. The second-order valence-electron chi connectivity index (χ2n) is 3.34. The topological polar surface area (TPSA) is 43.1 Å². The van der Waals surface area contributed by atoms with Gasteiger partial charge in [0.15, 0.2) is 5.78 Å². The van der Waals surface area contributed by atoms with Gasteiger partial charge in [0.25, 0.3) is 0 Å². The minimum atomic E-state index is 0.0890. The van der Waals surface area contributed by atoms with Crippen molar-refractivity contribution in [2.24, 2.45) is 0 Å². The Morgan fingerprint density at radius 3 is 2.93 bits per heavy atom. The molecule has 2 nitrogen and oxygen atoms in total. The lowest BCUT2D eigenvalue weighted by Gasteiger charge is -2.04. The molecule has 0 amide bonds. The number of ketones is 1. The van der Waals surface area contributed by atoms with E-state index in [0.29, 0.717) is 24.1 Å².